The molecule has 0 bridgehead atoms. The Hall–Kier alpha value is -0.380. The Morgan fingerprint density at radius 3 is 1.91 bits per heavy atom. The molecule has 0 aliphatic rings. The number of hydrogen-bond donors (Lipinski definition) is 1. The lowest BCUT2D eigenvalue weighted by molar-refractivity contribution is 1.40. The summed E-state index contributed by atoms with van der Waals surface area (Å²) >= 11 is 38.2. The molecular formula is C15H7Cl4NS3. The summed E-state index contributed by atoms with van der Waals surface area (Å²) in [6.45, 7) is 0. The van der Waals surface area contributed by atoms with Gasteiger partial charge in [0.15, 0.2) is 0 Å². The third-order valence-electron chi connectivity index (χ3n) is 2.61. The van der Waals surface area contributed by atoms with Crippen molar-refractivity contribution in [2.24, 2.45) is 0 Å². The average Bonchev–Trinajstić information content (AvgIpc) is 2.57. The second kappa shape index (κ2) is 9.80. The molecule has 118 valence electrons. The van der Waals surface area contributed by atoms with E-state index >= 15 is 0 Å². The number of halogens is 4. The maximum Gasteiger partial charge on any atom is 0.101 e. The first kappa shape index (κ1) is 20.7. The first-order valence-corrected chi connectivity index (χ1v) is 8.72. The minimum atomic E-state index is 0.0578. The molecule has 0 saturated carbocycles. The van der Waals surface area contributed by atoms with Crippen molar-refractivity contribution < 1.29 is 0 Å². The number of benzene rings is 1. The zero-order valence-electron chi connectivity index (χ0n) is 11.2. The van der Waals surface area contributed by atoms with Crippen molar-refractivity contribution in [3.8, 4) is 6.07 Å². The van der Waals surface area contributed by atoms with Gasteiger partial charge in [-0.1, -0.05) is 89.0 Å². The molecule has 23 heavy (non-hydrogen) atoms. The van der Waals surface area contributed by atoms with Gasteiger partial charge < -0.3 is 0 Å². The smallest absolute Gasteiger partial charge is 0.101 e. The molecule has 0 heterocycles. The van der Waals surface area contributed by atoms with Gasteiger partial charge in [-0.15, -0.1) is 12.6 Å². The van der Waals surface area contributed by atoms with E-state index in [1.165, 1.54) is 0 Å². The third kappa shape index (κ3) is 5.04. The van der Waals surface area contributed by atoms with Crippen LogP contribution in [0.5, 0.6) is 0 Å². The molecule has 0 unspecified atom stereocenters. The van der Waals surface area contributed by atoms with Crippen molar-refractivity contribution >= 4 is 98.8 Å². The van der Waals surface area contributed by atoms with Crippen molar-refractivity contribution in [2.45, 2.75) is 4.90 Å². The third-order valence-corrected chi connectivity index (χ3v) is 5.33. The summed E-state index contributed by atoms with van der Waals surface area (Å²) in [5.74, 6) is 0. The highest BCUT2D eigenvalue weighted by Gasteiger charge is 2.23. The van der Waals surface area contributed by atoms with Gasteiger partial charge in [-0.3, -0.25) is 0 Å². The average molecular weight is 439 g/mol. The van der Waals surface area contributed by atoms with Crippen LogP contribution in [-0.2, 0) is 0 Å². The molecule has 0 radical (unpaired) electrons. The number of hydrogen-bond acceptors (Lipinski definition) is 4. The topological polar surface area (TPSA) is 23.8 Å². The molecule has 0 saturated heterocycles. The fourth-order valence-corrected chi connectivity index (χ4v) is 3.00. The molecule has 0 aliphatic carbocycles. The van der Waals surface area contributed by atoms with Crippen LogP contribution in [0.4, 0.5) is 0 Å². The maximum absolute atomic E-state index is 9.63. The summed E-state index contributed by atoms with van der Waals surface area (Å²) in [7, 11) is 0. The minimum absolute atomic E-state index is 0.0578. The number of rotatable bonds is 5. The van der Waals surface area contributed by atoms with E-state index in [0.29, 0.717) is 10.5 Å². The van der Waals surface area contributed by atoms with Crippen LogP contribution in [0, 0.1) is 11.3 Å². The Kier molecular flexibility index (Phi) is 8.81. The van der Waals surface area contributed by atoms with Crippen molar-refractivity contribution in [3.63, 3.8) is 0 Å². The zero-order chi connectivity index (χ0) is 17.6. The second-order valence-electron chi connectivity index (χ2n) is 3.95. The molecule has 1 aromatic rings. The highest BCUT2D eigenvalue weighted by molar-refractivity contribution is 7.84. The van der Waals surface area contributed by atoms with Gasteiger partial charge in [0, 0.05) is 27.1 Å². The summed E-state index contributed by atoms with van der Waals surface area (Å²) in [5, 5.41) is 9.74. The lowest BCUT2D eigenvalue weighted by Crippen LogP contribution is -2.13. The molecule has 0 amide bonds. The molecule has 1 rings (SSSR count). The molecule has 0 N–H and O–H groups in total. The first-order valence-electron chi connectivity index (χ1n) is 5.82. The first-order chi connectivity index (χ1) is 10.9. The molecule has 1 nitrogen and oxygen atoms in total. The van der Waals surface area contributed by atoms with Crippen molar-refractivity contribution in [2.75, 3.05) is 0 Å². The predicted molar refractivity (Wildman–Crippen MR) is 111 cm³/mol. The van der Waals surface area contributed by atoms with E-state index in [4.69, 9.17) is 70.8 Å². The SMILES string of the molecule is N#CC(=C(C(=S)C(Cl)=CCl)C(=S)C(Cl)=CCl)c1ccccc1S. The van der Waals surface area contributed by atoms with E-state index in [0.717, 1.165) is 11.1 Å². The van der Waals surface area contributed by atoms with Crippen LogP contribution in [0.2, 0.25) is 0 Å². The van der Waals surface area contributed by atoms with Crippen LogP contribution < -0.4 is 0 Å². The highest BCUT2D eigenvalue weighted by atomic mass is 35.5. The number of nitrogens with zero attached hydrogens (tertiary/aromatic N) is 1. The zero-order valence-corrected chi connectivity index (χ0v) is 16.7. The van der Waals surface area contributed by atoms with Gasteiger partial charge in [-0.25, -0.2) is 0 Å². The van der Waals surface area contributed by atoms with Gasteiger partial charge in [0.05, 0.1) is 25.4 Å². The Bertz CT molecular complexity index is 756. The highest BCUT2D eigenvalue weighted by Crippen LogP contribution is 2.31. The van der Waals surface area contributed by atoms with E-state index in [-0.39, 0.29) is 30.9 Å². The van der Waals surface area contributed by atoms with Crippen LogP contribution >= 0.6 is 83.5 Å². The molecular weight excluding hydrogens is 432 g/mol. The van der Waals surface area contributed by atoms with E-state index in [2.05, 4.69) is 18.7 Å². The van der Waals surface area contributed by atoms with Gasteiger partial charge >= 0.3 is 0 Å². The van der Waals surface area contributed by atoms with Gasteiger partial charge in [-0.05, 0) is 6.07 Å². The van der Waals surface area contributed by atoms with E-state index in [1.807, 2.05) is 0 Å². The number of allylic oxidation sites excluding steroid dienone is 4. The normalized spacial score (nSPS) is 11.7. The van der Waals surface area contributed by atoms with E-state index < -0.39 is 0 Å². The van der Waals surface area contributed by atoms with Gasteiger partial charge in [0.1, 0.15) is 6.07 Å². The lowest BCUT2D eigenvalue weighted by Gasteiger charge is -2.13. The summed E-state index contributed by atoms with van der Waals surface area (Å²) in [6, 6.07) is 9.07. The summed E-state index contributed by atoms with van der Waals surface area (Å²) in [4.78, 5) is 0.761. The fraction of sp³-hybridized carbons (Fsp3) is 0. The Morgan fingerprint density at radius 2 is 1.52 bits per heavy atom. The fourth-order valence-electron chi connectivity index (χ4n) is 1.60. The second-order valence-corrected chi connectivity index (χ2v) is 6.50. The Labute approximate surface area is 170 Å². The van der Waals surface area contributed by atoms with Gasteiger partial charge in [0.2, 0.25) is 0 Å². The predicted octanol–water partition coefficient (Wildman–Crippen LogP) is 6.63. The largest absolute Gasteiger partial charge is 0.192 e. The molecule has 0 spiro atoms. The van der Waals surface area contributed by atoms with Crippen molar-refractivity contribution in [3.05, 3.63) is 56.5 Å². The quantitative estimate of drug-likeness (QED) is 0.241. The molecule has 0 aliphatic heterocycles. The lowest BCUT2D eigenvalue weighted by atomic mass is 9.96. The minimum Gasteiger partial charge on any atom is -0.192 e. The molecule has 0 aromatic heterocycles. The van der Waals surface area contributed by atoms with Crippen LogP contribution in [-0.4, -0.2) is 9.73 Å². The Morgan fingerprint density at radius 1 is 1.04 bits per heavy atom. The molecule has 0 atom stereocenters. The van der Waals surface area contributed by atoms with Crippen LogP contribution in [0.15, 0.2) is 55.9 Å². The Balaban J connectivity index is 3.79. The molecule has 1 aromatic carbocycles. The molecule has 0 fully saturated rings. The van der Waals surface area contributed by atoms with Crippen molar-refractivity contribution in [1.82, 2.24) is 0 Å². The number of thiocarbonyl (C=S) groups is 2. The number of nitriles is 1. The van der Waals surface area contributed by atoms with Crippen LogP contribution in [0.1, 0.15) is 5.56 Å². The van der Waals surface area contributed by atoms with Crippen LogP contribution in [0.3, 0.4) is 0 Å². The summed E-state index contributed by atoms with van der Waals surface area (Å²) < 4.78 is 0. The van der Waals surface area contributed by atoms with E-state index in [1.54, 1.807) is 24.3 Å². The van der Waals surface area contributed by atoms with Crippen LogP contribution in [0.25, 0.3) is 5.57 Å². The maximum atomic E-state index is 9.63. The van der Waals surface area contributed by atoms with Gasteiger partial charge in [-0.2, -0.15) is 5.26 Å². The van der Waals surface area contributed by atoms with E-state index in [9.17, 15) is 5.26 Å². The molecule has 8 heteroatoms. The van der Waals surface area contributed by atoms with Gasteiger partial charge in [0.25, 0.3) is 0 Å². The monoisotopic (exact) mass is 437 g/mol. The standard InChI is InChI=1S/C15H7Cl4NS3/c16-5-10(18)14(22)13(15(23)11(19)6-17)9(7-20)8-3-1-2-4-12(8)21/h1-6,21H. The van der Waals surface area contributed by atoms with Crippen molar-refractivity contribution in [1.29, 1.82) is 5.26 Å². The number of thiol groups is 1. The summed E-state index contributed by atoms with van der Waals surface area (Å²) in [6.07, 6.45) is 0. The summed E-state index contributed by atoms with van der Waals surface area (Å²) in [5.41, 5.74) is 3.09.